The number of carbonyl (C=O) groups is 2. The number of hydrogen-bond donors (Lipinski definition) is 0. The number of benzene rings is 2. The molecule has 1 aliphatic rings. The molecule has 2 aromatic rings. The Bertz CT molecular complexity index is 694. The largest absolute Gasteiger partial charge is 0.465 e. The van der Waals surface area contributed by atoms with Crippen molar-refractivity contribution in [1.82, 2.24) is 4.90 Å². The number of amides is 1. The van der Waals surface area contributed by atoms with Gasteiger partial charge in [-0.05, 0) is 29.3 Å². The molecule has 0 saturated carbocycles. The van der Waals surface area contributed by atoms with Gasteiger partial charge in [0.05, 0.1) is 12.7 Å². The van der Waals surface area contributed by atoms with Gasteiger partial charge in [-0.2, -0.15) is 0 Å². The van der Waals surface area contributed by atoms with Gasteiger partial charge in [-0.3, -0.25) is 4.79 Å². The van der Waals surface area contributed by atoms with Crippen LogP contribution in [0.25, 0.3) is 0 Å². The quantitative estimate of drug-likeness (QED) is 0.795. The molecule has 0 radical (unpaired) electrons. The molecule has 0 fully saturated rings. The summed E-state index contributed by atoms with van der Waals surface area (Å²) < 4.78 is 4.80. The molecule has 4 heteroatoms. The van der Waals surface area contributed by atoms with Crippen LogP contribution in [-0.4, -0.2) is 23.9 Å². The second kappa shape index (κ2) is 5.40. The van der Waals surface area contributed by atoms with Crippen LogP contribution in [0, 0.1) is 0 Å². The van der Waals surface area contributed by atoms with Gasteiger partial charge >= 0.3 is 5.97 Å². The lowest BCUT2D eigenvalue weighted by Crippen LogP contribution is -2.25. The van der Waals surface area contributed by atoms with Gasteiger partial charge in [-0.15, -0.1) is 0 Å². The third kappa shape index (κ3) is 2.40. The number of fused-ring (bicyclic) bond motifs is 1. The fraction of sp³-hybridized carbons (Fsp3) is 0.176. The van der Waals surface area contributed by atoms with Crippen molar-refractivity contribution in [2.75, 3.05) is 7.11 Å². The number of methoxy groups -OCH3 is 1. The van der Waals surface area contributed by atoms with Crippen molar-refractivity contribution in [1.29, 1.82) is 0 Å². The van der Waals surface area contributed by atoms with E-state index in [1.54, 1.807) is 23.1 Å². The van der Waals surface area contributed by atoms with Gasteiger partial charge in [0, 0.05) is 18.7 Å². The molecule has 21 heavy (non-hydrogen) atoms. The summed E-state index contributed by atoms with van der Waals surface area (Å²) in [6.07, 6.45) is 0. The minimum atomic E-state index is -0.360. The Kier molecular flexibility index (Phi) is 3.44. The zero-order chi connectivity index (χ0) is 14.8. The summed E-state index contributed by atoms with van der Waals surface area (Å²) in [7, 11) is 1.36. The standard InChI is InChI=1S/C17H15NO3/c1-21-17(20)14-9-5-8-13-10-18(11-15(13)14)16(19)12-6-3-2-4-7-12/h2-9H,10-11H2,1H3. The second-order valence-electron chi connectivity index (χ2n) is 4.96. The molecule has 0 unspecified atom stereocenters. The lowest BCUT2D eigenvalue weighted by Gasteiger charge is -2.15. The molecular formula is C17H15NO3. The Morgan fingerprint density at radius 3 is 2.48 bits per heavy atom. The first-order valence-electron chi connectivity index (χ1n) is 6.74. The van der Waals surface area contributed by atoms with Crippen LogP contribution >= 0.6 is 0 Å². The molecule has 1 aliphatic heterocycles. The van der Waals surface area contributed by atoms with E-state index < -0.39 is 0 Å². The molecule has 0 aromatic heterocycles. The smallest absolute Gasteiger partial charge is 0.338 e. The first-order chi connectivity index (χ1) is 10.2. The van der Waals surface area contributed by atoms with E-state index in [4.69, 9.17) is 4.74 Å². The average Bonchev–Trinajstić information content (AvgIpc) is 2.98. The molecule has 0 N–H and O–H groups in total. The van der Waals surface area contributed by atoms with Gasteiger partial charge in [-0.1, -0.05) is 30.3 Å². The van der Waals surface area contributed by atoms with E-state index in [9.17, 15) is 9.59 Å². The molecular weight excluding hydrogens is 266 g/mol. The molecule has 106 valence electrons. The summed E-state index contributed by atoms with van der Waals surface area (Å²) in [4.78, 5) is 26.0. The Hall–Kier alpha value is -2.62. The predicted molar refractivity (Wildman–Crippen MR) is 77.8 cm³/mol. The number of carbonyl (C=O) groups excluding carboxylic acids is 2. The van der Waals surface area contributed by atoms with E-state index in [1.165, 1.54) is 7.11 Å². The Balaban J connectivity index is 1.88. The summed E-state index contributed by atoms with van der Waals surface area (Å²) >= 11 is 0. The topological polar surface area (TPSA) is 46.6 Å². The molecule has 0 saturated heterocycles. The fourth-order valence-corrected chi connectivity index (χ4v) is 2.63. The van der Waals surface area contributed by atoms with Crippen LogP contribution in [0.5, 0.6) is 0 Å². The van der Waals surface area contributed by atoms with Crippen molar-refractivity contribution in [2.45, 2.75) is 13.1 Å². The van der Waals surface area contributed by atoms with Gasteiger partial charge < -0.3 is 9.64 Å². The number of ether oxygens (including phenoxy) is 1. The van der Waals surface area contributed by atoms with Crippen molar-refractivity contribution in [3.8, 4) is 0 Å². The van der Waals surface area contributed by atoms with Gasteiger partial charge in [0.25, 0.3) is 5.91 Å². The van der Waals surface area contributed by atoms with Gasteiger partial charge in [0.2, 0.25) is 0 Å². The zero-order valence-corrected chi connectivity index (χ0v) is 11.7. The first kappa shape index (κ1) is 13.4. The Morgan fingerprint density at radius 2 is 1.76 bits per heavy atom. The maximum absolute atomic E-state index is 12.5. The van der Waals surface area contributed by atoms with Crippen LogP contribution in [0.1, 0.15) is 31.8 Å². The van der Waals surface area contributed by atoms with Crippen LogP contribution in [0.3, 0.4) is 0 Å². The predicted octanol–water partition coefficient (Wildman–Crippen LogP) is 2.63. The number of nitrogens with zero attached hydrogens (tertiary/aromatic N) is 1. The van der Waals surface area contributed by atoms with Crippen LogP contribution in [0.15, 0.2) is 48.5 Å². The summed E-state index contributed by atoms with van der Waals surface area (Å²) in [5, 5.41) is 0. The third-order valence-electron chi connectivity index (χ3n) is 3.70. The normalized spacial score (nSPS) is 12.9. The molecule has 3 rings (SSSR count). The molecule has 0 aliphatic carbocycles. The highest BCUT2D eigenvalue weighted by Gasteiger charge is 2.27. The van der Waals surface area contributed by atoms with Crippen molar-refractivity contribution >= 4 is 11.9 Å². The van der Waals surface area contributed by atoms with E-state index in [1.807, 2.05) is 30.3 Å². The maximum Gasteiger partial charge on any atom is 0.338 e. The van der Waals surface area contributed by atoms with Crippen LogP contribution in [0.4, 0.5) is 0 Å². The second-order valence-corrected chi connectivity index (χ2v) is 4.96. The number of hydrogen-bond acceptors (Lipinski definition) is 3. The van der Waals surface area contributed by atoms with Gasteiger partial charge in [0.15, 0.2) is 0 Å². The summed E-state index contributed by atoms with van der Waals surface area (Å²) in [6, 6.07) is 14.7. The SMILES string of the molecule is COC(=O)c1cccc2c1CN(C(=O)c1ccccc1)C2. The first-order valence-corrected chi connectivity index (χ1v) is 6.74. The summed E-state index contributed by atoms with van der Waals surface area (Å²) in [5.74, 6) is -0.386. The average molecular weight is 281 g/mol. The van der Waals surface area contributed by atoms with E-state index in [0.717, 1.165) is 11.1 Å². The maximum atomic E-state index is 12.5. The van der Waals surface area contributed by atoms with E-state index in [-0.39, 0.29) is 11.9 Å². The van der Waals surface area contributed by atoms with Crippen molar-refractivity contribution < 1.29 is 14.3 Å². The monoisotopic (exact) mass is 281 g/mol. The molecule has 0 atom stereocenters. The van der Waals surface area contributed by atoms with E-state index in [0.29, 0.717) is 24.2 Å². The molecule has 4 nitrogen and oxygen atoms in total. The summed E-state index contributed by atoms with van der Waals surface area (Å²) in [5.41, 5.74) is 3.08. The lowest BCUT2D eigenvalue weighted by molar-refractivity contribution is 0.0596. The van der Waals surface area contributed by atoms with E-state index in [2.05, 4.69) is 0 Å². The molecule has 0 spiro atoms. The Morgan fingerprint density at radius 1 is 1.00 bits per heavy atom. The summed E-state index contributed by atoms with van der Waals surface area (Å²) in [6.45, 7) is 0.961. The van der Waals surface area contributed by atoms with Crippen molar-refractivity contribution in [3.63, 3.8) is 0 Å². The van der Waals surface area contributed by atoms with Gasteiger partial charge in [-0.25, -0.2) is 4.79 Å². The minimum absolute atomic E-state index is 0.0254. The highest BCUT2D eigenvalue weighted by Crippen LogP contribution is 2.27. The zero-order valence-electron chi connectivity index (χ0n) is 11.7. The van der Waals surface area contributed by atoms with Crippen molar-refractivity contribution in [3.05, 3.63) is 70.8 Å². The van der Waals surface area contributed by atoms with Crippen LogP contribution < -0.4 is 0 Å². The van der Waals surface area contributed by atoms with E-state index >= 15 is 0 Å². The fourth-order valence-electron chi connectivity index (χ4n) is 2.63. The number of esters is 1. The van der Waals surface area contributed by atoms with Crippen LogP contribution in [-0.2, 0) is 17.8 Å². The highest BCUT2D eigenvalue weighted by molar-refractivity contribution is 5.96. The van der Waals surface area contributed by atoms with Crippen molar-refractivity contribution in [2.24, 2.45) is 0 Å². The third-order valence-corrected chi connectivity index (χ3v) is 3.70. The van der Waals surface area contributed by atoms with Gasteiger partial charge in [0.1, 0.15) is 0 Å². The molecule has 2 aromatic carbocycles. The molecule has 0 bridgehead atoms. The highest BCUT2D eigenvalue weighted by atomic mass is 16.5. The minimum Gasteiger partial charge on any atom is -0.465 e. The molecule has 1 heterocycles. The van der Waals surface area contributed by atoms with Crippen LogP contribution in [0.2, 0.25) is 0 Å². The lowest BCUT2D eigenvalue weighted by atomic mass is 10.0. The Labute approximate surface area is 123 Å². The number of rotatable bonds is 2. The molecule has 1 amide bonds.